The molecule has 3 aromatic rings. The summed E-state index contributed by atoms with van der Waals surface area (Å²) in [5, 5.41) is 6.47. The van der Waals surface area contributed by atoms with E-state index in [4.69, 9.17) is 9.72 Å². The van der Waals surface area contributed by atoms with Crippen LogP contribution in [-0.4, -0.2) is 66.9 Å². The Kier molecular flexibility index (Phi) is 8.60. The van der Waals surface area contributed by atoms with Crippen molar-refractivity contribution in [2.24, 2.45) is 5.41 Å². The molecule has 2 amide bonds. The molecule has 0 radical (unpaired) electrons. The Labute approximate surface area is 228 Å². The topological polar surface area (TPSA) is 113 Å². The third-order valence-corrected chi connectivity index (χ3v) is 8.46. The van der Waals surface area contributed by atoms with E-state index >= 15 is 0 Å². The number of amides is 2. The second kappa shape index (κ2) is 11.7. The molecule has 2 aromatic heterocycles. The van der Waals surface area contributed by atoms with Crippen LogP contribution >= 0.6 is 27.3 Å². The molecule has 1 saturated heterocycles. The highest BCUT2D eigenvalue weighted by Crippen LogP contribution is 2.38. The second-order valence-electron chi connectivity index (χ2n) is 9.12. The first kappa shape index (κ1) is 27.2. The number of ether oxygens (including phenoxy) is 1. The van der Waals surface area contributed by atoms with Crippen LogP contribution in [0.4, 0.5) is 15.9 Å². The van der Waals surface area contributed by atoms with Gasteiger partial charge in [-0.1, -0.05) is 11.3 Å². The smallest absolute Gasteiger partial charge is 0.324 e. The number of nitrogens with zero attached hydrogens (tertiary/aromatic N) is 5. The Morgan fingerprint density at radius 2 is 1.89 bits per heavy atom. The van der Waals surface area contributed by atoms with Gasteiger partial charge in [0.2, 0.25) is 5.95 Å². The van der Waals surface area contributed by atoms with Crippen LogP contribution in [-0.2, 0) is 9.53 Å². The zero-order valence-electron chi connectivity index (χ0n) is 21.5. The van der Waals surface area contributed by atoms with Crippen LogP contribution in [0.1, 0.15) is 33.6 Å². The number of fused-ring (bicyclic) bond motifs is 1. The first-order valence-corrected chi connectivity index (χ1v) is 13.9. The van der Waals surface area contributed by atoms with Gasteiger partial charge >= 0.3 is 12.0 Å². The monoisotopic (exact) mass is 589 g/mol. The fourth-order valence-electron chi connectivity index (χ4n) is 4.24. The third-order valence-electron chi connectivity index (χ3n) is 6.44. The van der Waals surface area contributed by atoms with E-state index in [0.29, 0.717) is 56.8 Å². The molecule has 10 nitrogen and oxygen atoms in total. The molecule has 0 atom stereocenters. The lowest BCUT2D eigenvalue weighted by Gasteiger charge is -2.37. The summed E-state index contributed by atoms with van der Waals surface area (Å²) in [5.74, 6) is 0.521. The maximum atomic E-state index is 12.5. The Morgan fingerprint density at radius 1 is 1.19 bits per heavy atom. The van der Waals surface area contributed by atoms with E-state index in [1.165, 1.54) is 11.3 Å². The molecule has 3 heterocycles. The standard InChI is InChI=1S/C25H32BrN7O3S/c1-5-28-23(35)33(15-27-4)24-31-19-12-16(11-18(26)20(19)37-24)17-13-29-22(30-14-17)32-9-7-25(3,8-10-32)21(34)36-6-2/h11-14,27H,5-10,15H2,1-4H3,(H,28,35). The summed E-state index contributed by atoms with van der Waals surface area (Å²) in [6, 6.07) is 3.80. The van der Waals surface area contributed by atoms with E-state index in [9.17, 15) is 9.59 Å². The summed E-state index contributed by atoms with van der Waals surface area (Å²) in [5.41, 5.74) is 2.12. The number of rotatable bonds is 8. The summed E-state index contributed by atoms with van der Waals surface area (Å²) >= 11 is 5.13. The average molecular weight is 591 g/mol. The number of piperidine rings is 1. The van der Waals surface area contributed by atoms with Crippen LogP contribution in [0.15, 0.2) is 29.0 Å². The lowest BCUT2D eigenvalue weighted by atomic mass is 9.80. The maximum Gasteiger partial charge on any atom is 0.324 e. The molecule has 1 fully saturated rings. The van der Waals surface area contributed by atoms with Gasteiger partial charge in [-0.25, -0.2) is 19.7 Å². The van der Waals surface area contributed by atoms with Crippen molar-refractivity contribution < 1.29 is 14.3 Å². The third kappa shape index (κ3) is 5.86. The lowest BCUT2D eigenvalue weighted by molar-refractivity contribution is -0.155. The highest BCUT2D eigenvalue weighted by atomic mass is 79.9. The molecule has 0 bridgehead atoms. The van der Waals surface area contributed by atoms with Crippen LogP contribution in [0.3, 0.4) is 0 Å². The molecule has 1 aliphatic heterocycles. The number of aromatic nitrogens is 3. The zero-order valence-corrected chi connectivity index (χ0v) is 23.9. The summed E-state index contributed by atoms with van der Waals surface area (Å²) in [6.45, 7) is 8.37. The number of halogens is 1. The quantitative estimate of drug-likeness (QED) is 0.294. The Balaban J connectivity index is 1.52. The second-order valence-corrected chi connectivity index (χ2v) is 10.9. The Morgan fingerprint density at radius 3 is 2.51 bits per heavy atom. The fraction of sp³-hybridized carbons (Fsp3) is 0.480. The molecule has 0 spiro atoms. The largest absolute Gasteiger partial charge is 0.466 e. The van der Waals surface area contributed by atoms with Gasteiger partial charge in [-0.3, -0.25) is 9.69 Å². The van der Waals surface area contributed by atoms with Gasteiger partial charge in [0, 0.05) is 42.1 Å². The summed E-state index contributed by atoms with van der Waals surface area (Å²) in [6.07, 6.45) is 5.02. The summed E-state index contributed by atoms with van der Waals surface area (Å²) < 4.78 is 7.11. The number of nitrogens with one attached hydrogen (secondary N) is 2. The van der Waals surface area contributed by atoms with Crippen molar-refractivity contribution in [3.8, 4) is 11.1 Å². The van der Waals surface area contributed by atoms with Crippen molar-refractivity contribution in [1.29, 1.82) is 0 Å². The summed E-state index contributed by atoms with van der Waals surface area (Å²) in [7, 11) is 1.79. The van der Waals surface area contributed by atoms with Gasteiger partial charge in [-0.05, 0) is 74.3 Å². The Bertz CT molecular complexity index is 1260. The highest BCUT2D eigenvalue weighted by Gasteiger charge is 2.38. The molecular weight excluding hydrogens is 558 g/mol. The molecular formula is C25H32BrN7O3S. The number of hydrogen-bond acceptors (Lipinski definition) is 9. The minimum absolute atomic E-state index is 0.128. The van der Waals surface area contributed by atoms with Crippen molar-refractivity contribution in [2.75, 3.05) is 49.8 Å². The predicted molar refractivity (Wildman–Crippen MR) is 150 cm³/mol. The molecule has 1 aliphatic rings. The van der Waals surface area contributed by atoms with Gasteiger partial charge in [0.15, 0.2) is 5.13 Å². The van der Waals surface area contributed by atoms with Crippen LogP contribution in [0, 0.1) is 5.41 Å². The minimum atomic E-state index is -0.458. The molecule has 0 unspecified atom stereocenters. The van der Waals surface area contributed by atoms with Crippen LogP contribution < -0.4 is 20.4 Å². The number of benzene rings is 1. The SMILES string of the molecule is CCNC(=O)N(CNC)c1nc2cc(-c3cnc(N4CCC(C)(C(=O)OCC)CC4)nc3)cc(Br)c2s1. The van der Waals surface area contributed by atoms with E-state index in [1.807, 2.05) is 45.3 Å². The van der Waals surface area contributed by atoms with E-state index in [1.54, 1.807) is 11.9 Å². The van der Waals surface area contributed by atoms with E-state index < -0.39 is 5.41 Å². The molecule has 2 N–H and O–H groups in total. The van der Waals surface area contributed by atoms with Crippen molar-refractivity contribution in [1.82, 2.24) is 25.6 Å². The predicted octanol–water partition coefficient (Wildman–Crippen LogP) is 4.40. The first-order chi connectivity index (χ1) is 17.8. The number of urea groups is 1. The normalized spacial score (nSPS) is 15.0. The van der Waals surface area contributed by atoms with E-state index in [-0.39, 0.29) is 12.0 Å². The Hall–Kier alpha value is -2.83. The molecule has 198 valence electrons. The number of carbonyl (C=O) groups excluding carboxylic acids is 2. The molecule has 4 rings (SSSR count). The van der Waals surface area contributed by atoms with Crippen molar-refractivity contribution in [2.45, 2.75) is 33.6 Å². The van der Waals surface area contributed by atoms with Crippen molar-refractivity contribution in [3.63, 3.8) is 0 Å². The molecule has 1 aromatic carbocycles. The number of hydrogen-bond donors (Lipinski definition) is 2. The number of esters is 1. The van der Waals surface area contributed by atoms with Gasteiger partial charge in [0.05, 0.1) is 28.9 Å². The van der Waals surface area contributed by atoms with Crippen LogP contribution in [0.5, 0.6) is 0 Å². The maximum absolute atomic E-state index is 12.5. The lowest BCUT2D eigenvalue weighted by Crippen LogP contribution is -2.44. The van der Waals surface area contributed by atoms with Crippen molar-refractivity contribution >= 4 is 60.6 Å². The molecule has 37 heavy (non-hydrogen) atoms. The number of thiazole rings is 1. The van der Waals surface area contributed by atoms with Gasteiger partial charge in [0.25, 0.3) is 0 Å². The van der Waals surface area contributed by atoms with Gasteiger partial charge in [-0.15, -0.1) is 0 Å². The van der Waals surface area contributed by atoms with E-state index in [0.717, 1.165) is 25.8 Å². The van der Waals surface area contributed by atoms with Crippen LogP contribution in [0.25, 0.3) is 21.3 Å². The van der Waals surface area contributed by atoms with Gasteiger partial charge in [0.1, 0.15) is 0 Å². The zero-order chi connectivity index (χ0) is 26.6. The highest BCUT2D eigenvalue weighted by molar-refractivity contribution is 9.10. The summed E-state index contributed by atoms with van der Waals surface area (Å²) in [4.78, 5) is 42.5. The molecule has 0 aliphatic carbocycles. The average Bonchev–Trinajstić information content (AvgIpc) is 3.32. The number of carbonyl (C=O) groups is 2. The molecule has 0 saturated carbocycles. The minimum Gasteiger partial charge on any atom is -0.466 e. The van der Waals surface area contributed by atoms with Gasteiger partial charge in [-0.2, -0.15) is 0 Å². The van der Waals surface area contributed by atoms with Crippen LogP contribution in [0.2, 0.25) is 0 Å². The van der Waals surface area contributed by atoms with E-state index in [2.05, 4.69) is 41.4 Å². The first-order valence-electron chi connectivity index (χ1n) is 12.3. The fourth-order valence-corrected chi connectivity index (χ4v) is 5.88. The van der Waals surface area contributed by atoms with Gasteiger partial charge < -0.3 is 20.3 Å². The van der Waals surface area contributed by atoms with Crippen molar-refractivity contribution in [3.05, 3.63) is 29.0 Å². The molecule has 12 heteroatoms. The number of anilines is 2.